The molecular formula is C20H15ClN2O3. The summed E-state index contributed by atoms with van der Waals surface area (Å²) in [7, 11) is 0. The van der Waals surface area contributed by atoms with Gasteiger partial charge in [-0.1, -0.05) is 23.4 Å². The Bertz CT molecular complexity index is 1120. The highest BCUT2D eigenvalue weighted by atomic mass is 35.5. The predicted octanol–water partition coefficient (Wildman–Crippen LogP) is 4.99. The van der Waals surface area contributed by atoms with Crippen molar-refractivity contribution in [3.05, 3.63) is 65.5 Å². The number of halogens is 1. The van der Waals surface area contributed by atoms with E-state index in [1.807, 2.05) is 35.8 Å². The van der Waals surface area contributed by atoms with Crippen LogP contribution in [0.1, 0.15) is 21.8 Å². The number of benzene rings is 2. The molecule has 0 atom stereocenters. The topological polar surface area (TPSA) is 68.3 Å². The molecule has 2 heterocycles. The van der Waals surface area contributed by atoms with Crippen LogP contribution in [-0.4, -0.2) is 20.1 Å². The Morgan fingerprint density at radius 1 is 1.12 bits per heavy atom. The molecule has 2 aromatic heterocycles. The van der Waals surface area contributed by atoms with Gasteiger partial charge in [-0.25, -0.2) is 0 Å². The summed E-state index contributed by atoms with van der Waals surface area (Å²) in [5.41, 5.74) is 4.07. The van der Waals surface area contributed by atoms with Gasteiger partial charge in [-0.15, -0.1) is 0 Å². The highest BCUT2D eigenvalue weighted by Crippen LogP contribution is 2.40. The molecule has 0 aliphatic heterocycles. The summed E-state index contributed by atoms with van der Waals surface area (Å²) in [6.07, 6.45) is 0. The number of fused-ring (bicyclic) bond motifs is 1. The van der Waals surface area contributed by atoms with E-state index in [1.54, 1.807) is 31.2 Å². The Kier molecular flexibility index (Phi) is 3.81. The molecule has 0 saturated heterocycles. The smallest absolute Gasteiger partial charge is 0.255 e. The van der Waals surface area contributed by atoms with E-state index in [-0.39, 0.29) is 5.75 Å². The van der Waals surface area contributed by atoms with Gasteiger partial charge in [0.1, 0.15) is 11.5 Å². The second-order valence-corrected chi connectivity index (χ2v) is 6.41. The van der Waals surface area contributed by atoms with E-state index in [2.05, 4.69) is 5.16 Å². The maximum absolute atomic E-state index is 12.4. The van der Waals surface area contributed by atoms with Crippen LogP contribution >= 0.6 is 11.6 Å². The first kappa shape index (κ1) is 16.4. The number of nitrogens with zero attached hydrogens (tertiary/aromatic N) is 2. The molecule has 0 saturated carbocycles. The zero-order valence-electron chi connectivity index (χ0n) is 14.2. The summed E-state index contributed by atoms with van der Waals surface area (Å²) in [5.74, 6) is 0.766. The van der Waals surface area contributed by atoms with Gasteiger partial charge >= 0.3 is 0 Å². The fourth-order valence-electron chi connectivity index (χ4n) is 3.37. The average Bonchev–Trinajstić information content (AvgIpc) is 3.12. The van der Waals surface area contributed by atoms with Crippen molar-refractivity contribution in [1.82, 2.24) is 9.72 Å². The van der Waals surface area contributed by atoms with E-state index in [0.717, 1.165) is 22.2 Å². The summed E-state index contributed by atoms with van der Waals surface area (Å²) in [4.78, 5) is 12.4. The second kappa shape index (κ2) is 6.04. The number of para-hydroxylation sites is 1. The van der Waals surface area contributed by atoms with Gasteiger partial charge in [0, 0.05) is 11.1 Å². The number of hydrogen-bond donors (Lipinski definition) is 1. The third kappa shape index (κ3) is 2.40. The van der Waals surface area contributed by atoms with Gasteiger partial charge in [0.25, 0.3) is 5.24 Å². The van der Waals surface area contributed by atoms with E-state index in [9.17, 15) is 9.90 Å². The molecule has 0 amide bonds. The van der Waals surface area contributed by atoms with Crippen molar-refractivity contribution >= 4 is 27.7 Å². The molecule has 26 heavy (non-hydrogen) atoms. The summed E-state index contributed by atoms with van der Waals surface area (Å²) in [6, 6.07) is 14.3. The van der Waals surface area contributed by atoms with Crippen LogP contribution in [0.5, 0.6) is 5.75 Å². The maximum Gasteiger partial charge on any atom is 0.255 e. The van der Waals surface area contributed by atoms with Crippen LogP contribution in [0.4, 0.5) is 0 Å². The number of aromatic hydroxyl groups is 1. The molecule has 0 aliphatic carbocycles. The van der Waals surface area contributed by atoms with Gasteiger partial charge in [-0.05, 0) is 55.8 Å². The highest BCUT2D eigenvalue weighted by molar-refractivity contribution is 6.69. The quantitative estimate of drug-likeness (QED) is 0.519. The molecule has 130 valence electrons. The zero-order chi connectivity index (χ0) is 18.4. The van der Waals surface area contributed by atoms with E-state index in [4.69, 9.17) is 16.1 Å². The summed E-state index contributed by atoms with van der Waals surface area (Å²) in [6.45, 7) is 3.63. The lowest BCUT2D eigenvalue weighted by molar-refractivity contribution is 0.108. The van der Waals surface area contributed by atoms with Crippen molar-refractivity contribution in [2.75, 3.05) is 0 Å². The first-order chi connectivity index (χ1) is 12.5. The molecule has 2 aromatic carbocycles. The van der Waals surface area contributed by atoms with Crippen molar-refractivity contribution in [2.24, 2.45) is 0 Å². The Morgan fingerprint density at radius 2 is 1.81 bits per heavy atom. The minimum atomic E-state index is -0.547. The number of aromatic nitrogens is 2. The lowest BCUT2D eigenvalue weighted by Gasteiger charge is -2.12. The van der Waals surface area contributed by atoms with Gasteiger partial charge in [0.2, 0.25) is 0 Å². The molecule has 6 heteroatoms. The van der Waals surface area contributed by atoms with Crippen LogP contribution < -0.4 is 0 Å². The lowest BCUT2D eigenvalue weighted by Crippen LogP contribution is -2.01. The third-order valence-electron chi connectivity index (χ3n) is 4.45. The van der Waals surface area contributed by atoms with Crippen molar-refractivity contribution < 1.29 is 14.4 Å². The first-order valence-corrected chi connectivity index (χ1v) is 8.42. The second-order valence-electron chi connectivity index (χ2n) is 6.07. The summed E-state index contributed by atoms with van der Waals surface area (Å²) < 4.78 is 7.27. The molecule has 0 radical (unpaired) electrons. The molecule has 4 aromatic rings. The average molecular weight is 367 g/mol. The molecular weight excluding hydrogens is 352 g/mol. The fraction of sp³-hybridized carbons (Fsp3) is 0.100. The molecule has 0 fully saturated rings. The monoisotopic (exact) mass is 366 g/mol. The molecule has 0 spiro atoms. The van der Waals surface area contributed by atoms with Crippen molar-refractivity contribution in [2.45, 2.75) is 13.8 Å². The molecule has 0 aliphatic rings. The number of phenolic OH excluding ortho intramolecular Hbond substituents is 1. The Morgan fingerprint density at radius 3 is 2.42 bits per heavy atom. The fourth-order valence-corrected chi connectivity index (χ4v) is 3.56. The SMILES string of the molecule is Cc1noc(C)c1-c1c(C(=O)Cl)c2ccccc2n1-c1ccc(O)cc1. The highest BCUT2D eigenvalue weighted by Gasteiger charge is 2.27. The predicted molar refractivity (Wildman–Crippen MR) is 100 cm³/mol. The summed E-state index contributed by atoms with van der Waals surface area (Å²) in [5, 5.41) is 13.9. The van der Waals surface area contributed by atoms with Crippen molar-refractivity contribution in [3.63, 3.8) is 0 Å². The van der Waals surface area contributed by atoms with E-state index >= 15 is 0 Å². The van der Waals surface area contributed by atoms with Crippen LogP contribution in [-0.2, 0) is 0 Å². The van der Waals surface area contributed by atoms with E-state index < -0.39 is 5.24 Å². The number of aryl methyl sites for hydroxylation is 2. The number of phenols is 1. The van der Waals surface area contributed by atoms with Gasteiger partial charge < -0.3 is 14.2 Å². The molecule has 0 bridgehead atoms. The van der Waals surface area contributed by atoms with Crippen LogP contribution in [0.3, 0.4) is 0 Å². The number of carbonyl (C=O) groups excluding carboxylic acids is 1. The van der Waals surface area contributed by atoms with Gasteiger partial charge in [0.15, 0.2) is 0 Å². The minimum Gasteiger partial charge on any atom is -0.508 e. The van der Waals surface area contributed by atoms with Gasteiger partial charge in [-0.2, -0.15) is 0 Å². The minimum absolute atomic E-state index is 0.165. The normalized spacial score (nSPS) is 11.2. The van der Waals surface area contributed by atoms with E-state index in [1.165, 1.54) is 0 Å². The van der Waals surface area contributed by atoms with Crippen molar-refractivity contribution in [1.29, 1.82) is 0 Å². The number of rotatable bonds is 3. The van der Waals surface area contributed by atoms with Crippen LogP contribution in [0.25, 0.3) is 27.8 Å². The molecule has 0 unspecified atom stereocenters. The van der Waals surface area contributed by atoms with Gasteiger partial charge in [0.05, 0.1) is 28.0 Å². The molecule has 4 rings (SSSR count). The summed E-state index contributed by atoms with van der Waals surface area (Å²) >= 11 is 5.99. The van der Waals surface area contributed by atoms with Crippen molar-refractivity contribution in [3.8, 4) is 22.7 Å². The first-order valence-electron chi connectivity index (χ1n) is 8.05. The Hall–Kier alpha value is -3.05. The number of carbonyl (C=O) groups is 1. The molecule has 5 nitrogen and oxygen atoms in total. The lowest BCUT2D eigenvalue weighted by atomic mass is 10.0. The Labute approximate surface area is 154 Å². The largest absolute Gasteiger partial charge is 0.508 e. The van der Waals surface area contributed by atoms with Crippen LogP contribution in [0, 0.1) is 13.8 Å². The number of hydrogen-bond acceptors (Lipinski definition) is 4. The van der Waals surface area contributed by atoms with Crippen LogP contribution in [0.2, 0.25) is 0 Å². The third-order valence-corrected chi connectivity index (χ3v) is 4.64. The maximum atomic E-state index is 12.4. The van der Waals surface area contributed by atoms with Crippen LogP contribution in [0.15, 0.2) is 53.1 Å². The zero-order valence-corrected chi connectivity index (χ0v) is 14.9. The molecule has 1 N–H and O–H groups in total. The van der Waals surface area contributed by atoms with E-state index in [0.29, 0.717) is 22.7 Å². The Balaban J connectivity index is 2.21. The van der Waals surface area contributed by atoms with Gasteiger partial charge in [-0.3, -0.25) is 4.79 Å². The standard InChI is InChI=1S/C20H15ClN2O3/c1-11-17(12(2)26-22-11)19-18(20(21)25)15-5-3-4-6-16(15)23(19)13-7-9-14(24)10-8-13/h3-10,24H,1-2H3.